The molecule has 1 heterocycles. The molecule has 1 unspecified atom stereocenters. The summed E-state index contributed by atoms with van der Waals surface area (Å²) >= 11 is 1.87. The second kappa shape index (κ2) is 7.61. The molecule has 1 atom stereocenters. The molecule has 0 saturated carbocycles. The Hall–Kier alpha value is -0.930. The predicted molar refractivity (Wildman–Crippen MR) is 86.9 cm³/mol. The van der Waals surface area contributed by atoms with Crippen molar-refractivity contribution in [2.45, 2.75) is 50.8 Å². The third-order valence-corrected chi connectivity index (χ3v) is 4.70. The number of aromatic nitrogens is 1. The smallest absolute Gasteiger partial charge is 0.0794 e. The molecule has 0 saturated heterocycles. The van der Waals surface area contributed by atoms with E-state index in [-0.39, 0.29) is 0 Å². The highest BCUT2D eigenvalue weighted by Crippen LogP contribution is 2.32. The van der Waals surface area contributed by atoms with Gasteiger partial charge in [-0.05, 0) is 44.9 Å². The predicted octanol–water partition coefficient (Wildman–Crippen LogP) is 4.61. The largest absolute Gasteiger partial charge is 0.363 e. The van der Waals surface area contributed by atoms with Gasteiger partial charge >= 0.3 is 0 Å². The number of hydrogen-bond acceptors (Lipinski definition) is 2. The van der Waals surface area contributed by atoms with Crippen LogP contribution in [0, 0.1) is 6.92 Å². The molecule has 2 N–H and O–H groups in total. The summed E-state index contributed by atoms with van der Waals surface area (Å²) in [4.78, 5) is 4.73. The van der Waals surface area contributed by atoms with Gasteiger partial charge in [0.05, 0.1) is 5.37 Å². The van der Waals surface area contributed by atoms with Gasteiger partial charge in [0.15, 0.2) is 0 Å². The van der Waals surface area contributed by atoms with Gasteiger partial charge in [-0.3, -0.25) is 0 Å². The average molecular weight is 278 g/mol. The second-order valence-corrected chi connectivity index (χ2v) is 6.22. The van der Waals surface area contributed by atoms with Crippen molar-refractivity contribution in [1.29, 1.82) is 0 Å². The quantitative estimate of drug-likeness (QED) is 0.452. The van der Waals surface area contributed by atoms with Gasteiger partial charge in [0, 0.05) is 16.8 Å². The van der Waals surface area contributed by atoms with E-state index in [1.807, 2.05) is 25.7 Å². The van der Waals surface area contributed by atoms with Crippen molar-refractivity contribution < 1.29 is 0 Å². The van der Waals surface area contributed by atoms with Crippen LogP contribution >= 0.6 is 11.8 Å². The zero-order chi connectivity index (χ0) is 14.4. The summed E-state index contributed by atoms with van der Waals surface area (Å²) in [5.74, 6) is 0.544. The Morgan fingerprint density at radius 2 is 2.11 bits per heavy atom. The summed E-state index contributed by atoms with van der Waals surface area (Å²) in [5.41, 5.74) is 4.05. The summed E-state index contributed by atoms with van der Waals surface area (Å²) < 4.78 is 0. The number of allylic oxidation sites excluding steroid dienone is 3. The maximum atomic E-state index is 3.40. The van der Waals surface area contributed by atoms with Crippen LogP contribution in [0.1, 0.15) is 44.9 Å². The maximum absolute atomic E-state index is 3.40. The summed E-state index contributed by atoms with van der Waals surface area (Å²) in [6, 6.07) is 0. The fraction of sp³-hybridized carbons (Fsp3) is 0.500. The monoisotopic (exact) mass is 278 g/mol. The fourth-order valence-corrected chi connectivity index (χ4v) is 3.11. The molecule has 1 aromatic heterocycles. The van der Waals surface area contributed by atoms with E-state index >= 15 is 0 Å². The first kappa shape index (κ1) is 16.1. The Morgan fingerprint density at radius 1 is 1.42 bits per heavy atom. The number of rotatable bonds is 6. The second-order valence-electron chi connectivity index (χ2n) is 5.07. The Bertz CT molecular complexity index is 455. The molecule has 0 aromatic carbocycles. The van der Waals surface area contributed by atoms with E-state index in [1.165, 1.54) is 21.7 Å². The molecule has 0 aliphatic heterocycles. The lowest BCUT2D eigenvalue weighted by atomic mass is 10.1. The van der Waals surface area contributed by atoms with Gasteiger partial charge in [-0.1, -0.05) is 32.1 Å². The SMILES string of the molecule is C/C=C\C=C(/C)C(NC)Sc1c[nH]c(C(C)C)c1C. The van der Waals surface area contributed by atoms with E-state index in [0.29, 0.717) is 11.3 Å². The van der Waals surface area contributed by atoms with Crippen LogP contribution in [-0.2, 0) is 0 Å². The summed E-state index contributed by atoms with van der Waals surface area (Å²) in [6.07, 6.45) is 8.44. The molecule has 3 heteroatoms. The van der Waals surface area contributed by atoms with E-state index in [4.69, 9.17) is 0 Å². The van der Waals surface area contributed by atoms with Crippen LogP contribution in [0.4, 0.5) is 0 Å². The summed E-state index contributed by atoms with van der Waals surface area (Å²) in [5, 5.41) is 3.68. The molecule has 0 amide bonds. The van der Waals surface area contributed by atoms with Gasteiger partial charge in [-0.25, -0.2) is 0 Å². The van der Waals surface area contributed by atoms with Gasteiger partial charge in [0.1, 0.15) is 0 Å². The fourth-order valence-electron chi connectivity index (χ4n) is 2.06. The molecular formula is C16H26N2S. The van der Waals surface area contributed by atoms with Crippen LogP contribution in [-0.4, -0.2) is 17.4 Å². The van der Waals surface area contributed by atoms with Crippen molar-refractivity contribution in [2.24, 2.45) is 0 Å². The lowest BCUT2D eigenvalue weighted by Gasteiger charge is -2.16. The van der Waals surface area contributed by atoms with Crippen LogP contribution in [0.5, 0.6) is 0 Å². The van der Waals surface area contributed by atoms with E-state index in [9.17, 15) is 0 Å². The van der Waals surface area contributed by atoms with Gasteiger partial charge in [-0.2, -0.15) is 0 Å². The molecule has 106 valence electrons. The first-order chi connectivity index (χ1) is 9.01. The number of H-pyrrole nitrogens is 1. The summed E-state index contributed by atoms with van der Waals surface area (Å²) in [6.45, 7) is 10.8. The molecule has 0 radical (unpaired) electrons. The Labute approximate surface area is 121 Å². The van der Waals surface area contributed by atoms with E-state index in [0.717, 1.165) is 0 Å². The number of nitrogens with one attached hydrogen (secondary N) is 2. The summed E-state index contributed by atoms with van der Waals surface area (Å²) in [7, 11) is 2.01. The third-order valence-electron chi connectivity index (χ3n) is 3.18. The first-order valence-corrected chi connectivity index (χ1v) is 7.70. The van der Waals surface area contributed by atoms with Gasteiger partial charge in [0.2, 0.25) is 0 Å². The number of aromatic amines is 1. The highest BCUT2D eigenvalue weighted by atomic mass is 32.2. The molecule has 1 aromatic rings. The zero-order valence-corrected chi connectivity index (χ0v) is 13.7. The van der Waals surface area contributed by atoms with E-state index in [1.54, 1.807) is 0 Å². The molecule has 0 bridgehead atoms. The topological polar surface area (TPSA) is 27.8 Å². The number of thioether (sulfide) groups is 1. The normalized spacial score (nSPS) is 14.6. The van der Waals surface area contributed by atoms with Gasteiger partial charge < -0.3 is 10.3 Å². The van der Waals surface area contributed by atoms with Crippen molar-refractivity contribution >= 4 is 11.8 Å². The Morgan fingerprint density at radius 3 is 2.58 bits per heavy atom. The van der Waals surface area contributed by atoms with E-state index in [2.05, 4.69) is 62.4 Å². The minimum absolute atomic E-state index is 0.311. The van der Waals surface area contributed by atoms with Crippen LogP contribution in [0.25, 0.3) is 0 Å². The Kier molecular flexibility index (Phi) is 6.46. The highest BCUT2D eigenvalue weighted by Gasteiger charge is 2.15. The molecule has 2 nitrogen and oxygen atoms in total. The molecule has 19 heavy (non-hydrogen) atoms. The van der Waals surface area contributed by atoms with Crippen LogP contribution in [0.3, 0.4) is 0 Å². The average Bonchev–Trinajstić information content (AvgIpc) is 2.74. The van der Waals surface area contributed by atoms with Crippen LogP contribution < -0.4 is 5.32 Å². The molecule has 1 rings (SSSR count). The van der Waals surface area contributed by atoms with Crippen molar-refractivity contribution in [3.8, 4) is 0 Å². The molecule has 0 aliphatic rings. The molecule has 0 aliphatic carbocycles. The number of hydrogen-bond donors (Lipinski definition) is 2. The lowest BCUT2D eigenvalue weighted by Crippen LogP contribution is -2.22. The standard InChI is InChI=1S/C16H26N2S/c1-7-8-9-12(4)16(17-6)19-14-10-18-15(11(2)3)13(14)5/h7-11,16-18H,1-6H3/b8-7-,12-9+. The number of likely N-dealkylation sites (N-methyl/N-ethyl adjacent to an activating group) is 1. The molecule has 0 spiro atoms. The zero-order valence-electron chi connectivity index (χ0n) is 12.9. The van der Waals surface area contributed by atoms with Crippen molar-refractivity contribution in [3.63, 3.8) is 0 Å². The van der Waals surface area contributed by atoms with Crippen molar-refractivity contribution in [2.75, 3.05) is 7.05 Å². The first-order valence-electron chi connectivity index (χ1n) is 6.82. The molecule has 0 fully saturated rings. The highest BCUT2D eigenvalue weighted by molar-refractivity contribution is 8.00. The molecular weight excluding hydrogens is 252 g/mol. The van der Waals surface area contributed by atoms with E-state index < -0.39 is 0 Å². The van der Waals surface area contributed by atoms with Gasteiger partial charge in [-0.15, -0.1) is 11.8 Å². The minimum Gasteiger partial charge on any atom is -0.363 e. The van der Waals surface area contributed by atoms with Crippen molar-refractivity contribution in [3.05, 3.63) is 41.3 Å². The van der Waals surface area contributed by atoms with Crippen molar-refractivity contribution in [1.82, 2.24) is 10.3 Å². The van der Waals surface area contributed by atoms with Crippen LogP contribution in [0.15, 0.2) is 34.9 Å². The minimum atomic E-state index is 0.311. The van der Waals surface area contributed by atoms with Gasteiger partial charge in [0.25, 0.3) is 0 Å². The maximum Gasteiger partial charge on any atom is 0.0794 e. The van der Waals surface area contributed by atoms with Crippen LogP contribution in [0.2, 0.25) is 0 Å². The third kappa shape index (κ3) is 4.29. The Balaban J connectivity index is 2.87. The lowest BCUT2D eigenvalue weighted by molar-refractivity contribution is 0.820.